The summed E-state index contributed by atoms with van der Waals surface area (Å²) in [5, 5.41) is 4.52. The Balaban J connectivity index is 1.32. The lowest BCUT2D eigenvalue weighted by Crippen LogP contribution is -2.32. The molecule has 0 radical (unpaired) electrons. The molecule has 1 aliphatic rings. The number of fused-ring (bicyclic) bond motifs is 1. The second-order valence-corrected chi connectivity index (χ2v) is 7.29. The topological polar surface area (TPSA) is 85.5 Å². The summed E-state index contributed by atoms with van der Waals surface area (Å²) in [5.74, 6) is 1.75. The highest BCUT2D eigenvalue weighted by molar-refractivity contribution is 5.61. The van der Waals surface area contributed by atoms with Gasteiger partial charge in [0.15, 0.2) is 11.4 Å². The number of nitrogen functional groups attached to an aromatic ring is 1. The van der Waals surface area contributed by atoms with Gasteiger partial charge in [-0.1, -0.05) is 0 Å². The molecule has 0 bridgehead atoms. The maximum absolute atomic E-state index is 6.27. The first-order valence-corrected chi connectivity index (χ1v) is 9.57. The van der Waals surface area contributed by atoms with Crippen molar-refractivity contribution in [3.8, 4) is 11.5 Å². The molecule has 4 aromatic rings. The fourth-order valence-electron chi connectivity index (χ4n) is 3.91. The lowest BCUT2D eigenvalue weighted by atomic mass is 9.93. The van der Waals surface area contributed by atoms with E-state index in [1.807, 2.05) is 36.7 Å². The molecule has 142 valence electrons. The summed E-state index contributed by atoms with van der Waals surface area (Å²) in [6.07, 6.45) is 7.50. The van der Waals surface area contributed by atoms with E-state index in [9.17, 15) is 0 Å². The molecule has 4 aromatic heterocycles. The van der Waals surface area contributed by atoms with Gasteiger partial charge in [0, 0.05) is 42.7 Å². The summed E-state index contributed by atoms with van der Waals surface area (Å²) in [7, 11) is 0. The molecule has 0 aliphatic carbocycles. The number of piperidine rings is 1. The predicted molar refractivity (Wildman–Crippen MR) is 107 cm³/mol. The zero-order valence-corrected chi connectivity index (χ0v) is 15.5. The number of furan rings is 1. The van der Waals surface area contributed by atoms with Crippen molar-refractivity contribution < 1.29 is 4.42 Å². The standard InChI is InChI=1S/C21H22N6O/c22-20-12-17(24-21-13-18(25-27(20)21)19-2-1-11-28-19)16-5-9-26(10-6-16)14-15-3-7-23-8-4-15/h1-4,7-8,11-13,16H,5-6,9-10,14,22H2. The summed E-state index contributed by atoms with van der Waals surface area (Å²) in [6.45, 7) is 3.08. The van der Waals surface area contributed by atoms with Gasteiger partial charge in [-0.3, -0.25) is 9.88 Å². The van der Waals surface area contributed by atoms with E-state index < -0.39 is 0 Å². The van der Waals surface area contributed by atoms with Gasteiger partial charge in [0.1, 0.15) is 11.5 Å². The van der Waals surface area contributed by atoms with Crippen molar-refractivity contribution in [1.29, 1.82) is 0 Å². The van der Waals surface area contributed by atoms with Crippen molar-refractivity contribution in [2.75, 3.05) is 18.8 Å². The minimum atomic E-state index is 0.419. The van der Waals surface area contributed by atoms with Crippen LogP contribution < -0.4 is 5.73 Å². The number of rotatable bonds is 4. The Morgan fingerprint density at radius 3 is 2.68 bits per heavy atom. The summed E-state index contributed by atoms with van der Waals surface area (Å²) in [4.78, 5) is 11.4. The SMILES string of the molecule is Nc1cc(C2CCN(Cc3ccncc3)CC2)nc2cc(-c3ccco3)nn12. The number of nitrogens with two attached hydrogens (primary N) is 1. The molecule has 0 unspecified atom stereocenters. The van der Waals surface area contributed by atoms with Crippen LogP contribution in [0.1, 0.15) is 30.0 Å². The number of anilines is 1. The quantitative estimate of drug-likeness (QED) is 0.590. The molecular formula is C21H22N6O. The van der Waals surface area contributed by atoms with Crippen molar-refractivity contribution in [2.24, 2.45) is 0 Å². The molecule has 2 N–H and O–H groups in total. The first-order chi connectivity index (χ1) is 13.8. The Labute approximate surface area is 162 Å². The second kappa shape index (κ2) is 7.09. The molecule has 0 saturated carbocycles. The number of hydrogen-bond acceptors (Lipinski definition) is 6. The minimum Gasteiger partial charge on any atom is -0.463 e. The van der Waals surface area contributed by atoms with Crippen LogP contribution in [0, 0.1) is 0 Å². The Morgan fingerprint density at radius 2 is 1.93 bits per heavy atom. The highest BCUT2D eigenvalue weighted by Gasteiger charge is 2.23. The van der Waals surface area contributed by atoms with E-state index in [1.54, 1.807) is 10.8 Å². The van der Waals surface area contributed by atoms with E-state index in [0.717, 1.165) is 55.3 Å². The molecule has 7 nitrogen and oxygen atoms in total. The van der Waals surface area contributed by atoms with E-state index in [0.29, 0.717) is 11.7 Å². The number of aromatic nitrogens is 4. The van der Waals surface area contributed by atoms with Crippen LogP contribution in [0.4, 0.5) is 5.82 Å². The van der Waals surface area contributed by atoms with Crippen LogP contribution in [0.15, 0.2) is 59.5 Å². The van der Waals surface area contributed by atoms with Crippen LogP contribution in [0.3, 0.4) is 0 Å². The van der Waals surface area contributed by atoms with E-state index >= 15 is 0 Å². The minimum absolute atomic E-state index is 0.419. The number of hydrogen-bond donors (Lipinski definition) is 1. The third-order valence-corrected chi connectivity index (χ3v) is 5.41. The van der Waals surface area contributed by atoms with Gasteiger partial charge in [0.2, 0.25) is 0 Å². The highest BCUT2D eigenvalue weighted by Crippen LogP contribution is 2.30. The predicted octanol–water partition coefficient (Wildman–Crippen LogP) is 3.35. The molecule has 0 amide bonds. The van der Waals surface area contributed by atoms with Crippen LogP contribution in [0.25, 0.3) is 17.1 Å². The van der Waals surface area contributed by atoms with Crippen molar-refractivity contribution in [1.82, 2.24) is 24.5 Å². The fourth-order valence-corrected chi connectivity index (χ4v) is 3.91. The van der Waals surface area contributed by atoms with E-state index in [2.05, 4.69) is 27.1 Å². The molecule has 1 saturated heterocycles. The van der Waals surface area contributed by atoms with Crippen molar-refractivity contribution >= 4 is 11.5 Å². The molecule has 0 aromatic carbocycles. The molecule has 1 aliphatic heterocycles. The van der Waals surface area contributed by atoms with Crippen molar-refractivity contribution in [2.45, 2.75) is 25.3 Å². The lowest BCUT2D eigenvalue weighted by molar-refractivity contribution is 0.203. The Hall–Kier alpha value is -3.19. The van der Waals surface area contributed by atoms with E-state index in [-0.39, 0.29) is 0 Å². The molecule has 0 spiro atoms. The molecule has 28 heavy (non-hydrogen) atoms. The van der Waals surface area contributed by atoms with Gasteiger partial charge < -0.3 is 10.2 Å². The summed E-state index contributed by atoms with van der Waals surface area (Å²) in [6, 6.07) is 11.8. The van der Waals surface area contributed by atoms with Gasteiger partial charge in [-0.25, -0.2) is 4.98 Å². The van der Waals surface area contributed by atoms with Crippen LogP contribution >= 0.6 is 0 Å². The summed E-state index contributed by atoms with van der Waals surface area (Å²) < 4.78 is 7.12. The second-order valence-electron chi connectivity index (χ2n) is 7.29. The first kappa shape index (κ1) is 16.9. The largest absolute Gasteiger partial charge is 0.463 e. The van der Waals surface area contributed by atoms with E-state index in [4.69, 9.17) is 15.1 Å². The monoisotopic (exact) mass is 374 g/mol. The zero-order valence-electron chi connectivity index (χ0n) is 15.5. The van der Waals surface area contributed by atoms with Gasteiger partial charge in [-0.15, -0.1) is 0 Å². The van der Waals surface area contributed by atoms with Gasteiger partial charge in [-0.2, -0.15) is 9.61 Å². The average Bonchev–Trinajstić information content (AvgIpc) is 3.39. The Morgan fingerprint density at radius 1 is 1.11 bits per heavy atom. The normalized spacial score (nSPS) is 16.0. The lowest BCUT2D eigenvalue weighted by Gasteiger charge is -2.31. The van der Waals surface area contributed by atoms with Crippen LogP contribution in [-0.2, 0) is 6.54 Å². The molecule has 1 fully saturated rings. The number of pyridine rings is 1. The van der Waals surface area contributed by atoms with Gasteiger partial charge >= 0.3 is 0 Å². The maximum Gasteiger partial charge on any atom is 0.158 e. The van der Waals surface area contributed by atoms with Crippen molar-refractivity contribution in [3.63, 3.8) is 0 Å². The van der Waals surface area contributed by atoms with Gasteiger partial charge in [0.25, 0.3) is 0 Å². The summed E-state index contributed by atoms with van der Waals surface area (Å²) in [5.41, 5.74) is 10.1. The molecular weight excluding hydrogens is 352 g/mol. The smallest absolute Gasteiger partial charge is 0.158 e. The van der Waals surface area contributed by atoms with Crippen LogP contribution in [-0.4, -0.2) is 37.6 Å². The zero-order chi connectivity index (χ0) is 18.9. The molecule has 0 atom stereocenters. The highest BCUT2D eigenvalue weighted by atomic mass is 16.3. The Kier molecular flexibility index (Phi) is 4.29. The first-order valence-electron chi connectivity index (χ1n) is 9.57. The third kappa shape index (κ3) is 3.25. The molecule has 5 rings (SSSR count). The maximum atomic E-state index is 6.27. The molecule has 5 heterocycles. The van der Waals surface area contributed by atoms with E-state index in [1.165, 1.54) is 5.56 Å². The van der Waals surface area contributed by atoms with Gasteiger partial charge in [-0.05, 0) is 55.8 Å². The van der Waals surface area contributed by atoms with Crippen LogP contribution in [0.2, 0.25) is 0 Å². The average molecular weight is 374 g/mol. The summed E-state index contributed by atoms with van der Waals surface area (Å²) >= 11 is 0. The fraction of sp³-hybridized carbons (Fsp3) is 0.286. The molecule has 7 heteroatoms. The van der Waals surface area contributed by atoms with Gasteiger partial charge in [0.05, 0.1) is 6.26 Å². The third-order valence-electron chi connectivity index (χ3n) is 5.41. The van der Waals surface area contributed by atoms with Crippen LogP contribution in [0.5, 0.6) is 0 Å². The van der Waals surface area contributed by atoms with Crippen molar-refractivity contribution in [3.05, 3.63) is 66.3 Å². The number of nitrogens with zero attached hydrogens (tertiary/aromatic N) is 5. The Bertz CT molecular complexity index is 1070. The number of likely N-dealkylation sites (tertiary alicyclic amines) is 1.